The van der Waals surface area contributed by atoms with Crippen molar-refractivity contribution in [3.8, 4) is 0 Å². The van der Waals surface area contributed by atoms with Gasteiger partial charge in [-0.3, -0.25) is 0 Å². The first kappa shape index (κ1) is 9.05. The summed E-state index contributed by atoms with van der Waals surface area (Å²) >= 11 is 0. The summed E-state index contributed by atoms with van der Waals surface area (Å²) in [6, 6.07) is 9.95. The largest absolute Gasteiger partial charge is 0.301 e. The van der Waals surface area contributed by atoms with E-state index in [1.807, 2.05) is 30.3 Å². The Hall–Kier alpha value is -1.05. The maximum Gasteiger partial charge on any atom is 0.124 e. The van der Waals surface area contributed by atoms with Gasteiger partial charge in [0.25, 0.3) is 0 Å². The fraction of sp³-hybridized carbons (Fsp3) is 0.300. The Morgan fingerprint density at radius 1 is 1.25 bits per heavy atom. The molecule has 2 heteroatoms. The molecule has 1 rings (SSSR count). The van der Waals surface area contributed by atoms with Crippen molar-refractivity contribution in [1.82, 2.24) is 0 Å². The minimum Gasteiger partial charge on any atom is -0.301 e. The normalized spacial score (nSPS) is 9.67. The lowest BCUT2D eigenvalue weighted by Crippen LogP contribution is -1.98. The Balaban J connectivity index is 2.38. The van der Waals surface area contributed by atoms with E-state index >= 15 is 0 Å². The Morgan fingerprint density at radius 3 is 2.50 bits per heavy atom. The van der Waals surface area contributed by atoms with E-state index in [4.69, 9.17) is 7.85 Å². The number of benzene rings is 1. The van der Waals surface area contributed by atoms with Crippen molar-refractivity contribution in [3.63, 3.8) is 0 Å². The second-order valence-electron chi connectivity index (χ2n) is 2.73. The van der Waals surface area contributed by atoms with Crippen LogP contribution in [-0.4, -0.2) is 13.6 Å². The van der Waals surface area contributed by atoms with Gasteiger partial charge in [0.2, 0.25) is 0 Å². The first-order valence-corrected chi connectivity index (χ1v) is 4.08. The summed E-state index contributed by atoms with van der Waals surface area (Å²) in [4.78, 5) is 10.9. The molecule has 0 heterocycles. The molecule has 0 aliphatic heterocycles. The molecule has 0 aliphatic carbocycles. The molecule has 1 nitrogen and oxygen atoms in total. The number of carbonyl (C=O) groups excluding carboxylic acids is 1. The van der Waals surface area contributed by atoms with E-state index in [-0.39, 0.29) is 12.1 Å². The van der Waals surface area contributed by atoms with E-state index in [0.717, 1.165) is 6.42 Å². The molecule has 60 valence electrons. The molecule has 0 fully saturated rings. The molecule has 1 aromatic carbocycles. The smallest absolute Gasteiger partial charge is 0.124 e. The predicted octanol–water partition coefficient (Wildman–Crippen LogP) is 1.78. The molecule has 0 amide bonds. The maximum absolute atomic E-state index is 10.9. The predicted molar refractivity (Wildman–Crippen MR) is 50.3 cm³/mol. The van der Waals surface area contributed by atoms with E-state index in [1.54, 1.807) is 0 Å². The minimum atomic E-state index is 0.124. The third-order valence-electron chi connectivity index (χ3n) is 1.76. The zero-order chi connectivity index (χ0) is 8.81. The zero-order valence-electron chi connectivity index (χ0n) is 6.99. The fourth-order valence-electron chi connectivity index (χ4n) is 1.03. The van der Waals surface area contributed by atoms with Crippen molar-refractivity contribution < 1.29 is 4.79 Å². The second-order valence-corrected chi connectivity index (χ2v) is 2.73. The van der Waals surface area contributed by atoms with Crippen LogP contribution < -0.4 is 0 Å². The summed E-state index contributed by atoms with van der Waals surface area (Å²) in [6.07, 6.45) is 1.52. The average molecular weight is 158 g/mol. The van der Waals surface area contributed by atoms with Crippen LogP contribution in [-0.2, 0) is 11.2 Å². The molecule has 1 aromatic rings. The minimum absolute atomic E-state index is 0.124. The first-order chi connectivity index (χ1) is 5.83. The molecule has 0 unspecified atom stereocenters. The van der Waals surface area contributed by atoms with Gasteiger partial charge in [-0.1, -0.05) is 30.3 Å². The molecule has 0 N–H and O–H groups in total. The fourth-order valence-corrected chi connectivity index (χ4v) is 1.03. The van der Waals surface area contributed by atoms with Gasteiger partial charge in [0.1, 0.15) is 5.78 Å². The van der Waals surface area contributed by atoms with Gasteiger partial charge in [-0.2, -0.15) is 0 Å². The summed E-state index contributed by atoms with van der Waals surface area (Å²) in [5.41, 5.74) is 1.19. The van der Waals surface area contributed by atoms with Gasteiger partial charge in [0.05, 0.1) is 7.85 Å². The number of hydrogen-bond donors (Lipinski definition) is 0. The van der Waals surface area contributed by atoms with Gasteiger partial charge in [0.15, 0.2) is 0 Å². The second kappa shape index (κ2) is 4.76. The average Bonchev–Trinajstić information content (AvgIpc) is 2.16. The standard InChI is InChI=1S/C10H11BO/c11-8-10(12)7-6-9-4-2-1-3-5-9/h1-5H,6-8H2. The van der Waals surface area contributed by atoms with Crippen LogP contribution >= 0.6 is 0 Å². The molecular formula is C10H11BO. The SMILES string of the molecule is [B]CC(=O)CCc1ccccc1. The molecule has 0 atom stereocenters. The number of aryl methyl sites for hydroxylation is 1. The topological polar surface area (TPSA) is 17.1 Å². The molecule has 0 aromatic heterocycles. The highest BCUT2D eigenvalue weighted by atomic mass is 16.1. The highest BCUT2D eigenvalue weighted by Gasteiger charge is 1.97. The van der Waals surface area contributed by atoms with Crippen molar-refractivity contribution in [3.05, 3.63) is 35.9 Å². The quantitative estimate of drug-likeness (QED) is 0.610. The third kappa shape index (κ3) is 2.91. The van der Waals surface area contributed by atoms with E-state index in [1.165, 1.54) is 5.56 Å². The van der Waals surface area contributed by atoms with Gasteiger partial charge in [-0.05, 0) is 18.3 Å². The molecule has 0 bridgehead atoms. The molecule has 0 spiro atoms. The Kier molecular flexibility index (Phi) is 3.59. The van der Waals surface area contributed by atoms with Crippen LogP contribution in [0.25, 0.3) is 0 Å². The van der Waals surface area contributed by atoms with Crippen molar-refractivity contribution in [2.24, 2.45) is 0 Å². The third-order valence-corrected chi connectivity index (χ3v) is 1.76. The summed E-state index contributed by atoms with van der Waals surface area (Å²) in [5, 5.41) is 0. The lowest BCUT2D eigenvalue weighted by Gasteiger charge is -1.98. The van der Waals surface area contributed by atoms with Gasteiger partial charge >= 0.3 is 0 Å². The van der Waals surface area contributed by atoms with Crippen LogP contribution in [0.5, 0.6) is 0 Å². The van der Waals surface area contributed by atoms with Crippen LogP contribution in [0.3, 0.4) is 0 Å². The van der Waals surface area contributed by atoms with Crippen molar-refractivity contribution in [1.29, 1.82) is 0 Å². The number of carbonyl (C=O) groups is 1. The molecule has 0 saturated heterocycles. The summed E-state index contributed by atoms with van der Waals surface area (Å²) in [7, 11) is 5.19. The molecule has 0 saturated carbocycles. The zero-order valence-corrected chi connectivity index (χ0v) is 6.99. The van der Waals surface area contributed by atoms with Crippen molar-refractivity contribution in [2.45, 2.75) is 19.2 Å². The van der Waals surface area contributed by atoms with Crippen LogP contribution in [0.1, 0.15) is 12.0 Å². The Bertz CT molecular complexity index is 243. The molecular weight excluding hydrogens is 147 g/mol. The van der Waals surface area contributed by atoms with Gasteiger partial charge in [-0.25, -0.2) is 0 Å². The molecule has 0 aliphatic rings. The number of ketones is 1. The van der Waals surface area contributed by atoms with Gasteiger partial charge in [0, 0.05) is 6.42 Å². The Morgan fingerprint density at radius 2 is 1.92 bits per heavy atom. The van der Waals surface area contributed by atoms with Gasteiger partial charge in [-0.15, -0.1) is 0 Å². The highest BCUT2D eigenvalue weighted by Crippen LogP contribution is 2.03. The summed E-state index contributed by atoms with van der Waals surface area (Å²) in [6.45, 7) is 0. The molecule has 12 heavy (non-hydrogen) atoms. The van der Waals surface area contributed by atoms with Crippen LogP contribution in [0.15, 0.2) is 30.3 Å². The summed E-state index contributed by atoms with van der Waals surface area (Å²) in [5.74, 6) is 0.124. The molecule has 2 radical (unpaired) electrons. The van der Waals surface area contributed by atoms with Crippen LogP contribution in [0.4, 0.5) is 0 Å². The van der Waals surface area contributed by atoms with Gasteiger partial charge < -0.3 is 4.79 Å². The number of Topliss-reactive ketones (excluding diaryl/α,β-unsaturated/α-hetero) is 1. The Labute approximate surface area is 74.2 Å². The van der Waals surface area contributed by atoms with Crippen LogP contribution in [0.2, 0.25) is 6.32 Å². The van der Waals surface area contributed by atoms with E-state index in [2.05, 4.69) is 0 Å². The van der Waals surface area contributed by atoms with Crippen molar-refractivity contribution in [2.75, 3.05) is 0 Å². The number of rotatable bonds is 4. The van der Waals surface area contributed by atoms with E-state index < -0.39 is 0 Å². The highest BCUT2D eigenvalue weighted by molar-refractivity contribution is 6.20. The van der Waals surface area contributed by atoms with E-state index in [9.17, 15) is 4.79 Å². The lowest BCUT2D eigenvalue weighted by atomic mass is 9.96. The van der Waals surface area contributed by atoms with Crippen LogP contribution in [0, 0.1) is 0 Å². The van der Waals surface area contributed by atoms with E-state index in [0.29, 0.717) is 6.42 Å². The number of hydrogen-bond acceptors (Lipinski definition) is 1. The maximum atomic E-state index is 10.9. The summed E-state index contributed by atoms with van der Waals surface area (Å²) < 4.78 is 0. The lowest BCUT2D eigenvalue weighted by molar-refractivity contribution is -0.116. The first-order valence-electron chi connectivity index (χ1n) is 4.08. The van der Waals surface area contributed by atoms with Crippen molar-refractivity contribution >= 4 is 13.6 Å². The monoisotopic (exact) mass is 158 g/mol.